The molecular weight excluding hydrogens is 362 g/mol. The fourth-order valence-electron chi connectivity index (χ4n) is 3.96. The Balaban J connectivity index is 1.65. The smallest absolute Gasteiger partial charge is 0.253 e. The van der Waals surface area contributed by atoms with E-state index in [2.05, 4.69) is 23.5 Å². The number of sulfonamides is 1. The third kappa shape index (κ3) is 5.30. The molecule has 1 saturated carbocycles. The van der Waals surface area contributed by atoms with Crippen molar-refractivity contribution < 1.29 is 13.2 Å². The highest BCUT2D eigenvalue weighted by atomic mass is 32.2. The van der Waals surface area contributed by atoms with E-state index in [1.54, 1.807) is 18.2 Å². The lowest BCUT2D eigenvalue weighted by Gasteiger charge is -2.35. The molecule has 0 radical (unpaired) electrons. The predicted molar refractivity (Wildman–Crippen MR) is 106 cm³/mol. The van der Waals surface area contributed by atoms with Gasteiger partial charge < -0.3 is 4.90 Å². The molecule has 2 aliphatic rings. The molecule has 150 valence electrons. The maximum absolute atomic E-state index is 12.8. The van der Waals surface area contributed by atoms with E-state index in [1.165, 1.54) is 6.07 Å². The first-order valence-electron chi connectivity index (χ1n) is 9.99. The molecule has 1 aliphatic heterocycles. The van der Waals surface area contributed by atoms with Gasteiger partial charge in [-0.3, -0.25) is 9.69 Å². The fourth-order valence-corrected chi connectivity index (χ4v) is 5.31. The maximum Gasteiger partial charge on any atom is 0.253 e. The van der Waals surface area contributed by atoms with Gasteiger partial charge in [0.05, 0.1) is 4.90 Å². The number of piperazine rings is 1. The SMILES string of the molecule is CC(C)CN1CCN(C(=O)c2cccc(S(=O)(=O)NC3CCCC3)c2)CC1. The average Bonchev–Trinajstić information content (AvgIpc) is 3.14. The zero-order valence-electron chi connectivity index (χ0n) is 16.4. The van der Waals surface area contributed by atoms with Gasteiger partial charge in [0.15, 0.2) is 0 Å². The van der Waals surface area contributed by atoms with E-state index < -0.39 is 10.0 Å². The number of carbonyl (C=O) groups is 1. The van der Waals surface area contributed by atoms with Crippen molar-refractivity contribution in [2.24, 2.45) is 5.92 Å². The monoisotopic (exact) mass is 393 g/mol. The van der Waals surface area contributed by atoms with Crippen molar-refractivity contribution in [2.45, 2.75) is 50.5 Å². The number of benzene rings is 1. The summed E-state index contributed by atoms with van der Waals surface area (Å²) in [5.41, 5.74) is 0.446. The summed E-state index contributed by atoms with van der Waals surface area (Å²) in [4.78, 5) is 17.2. The van der Waals surface area contributed by atoms with E-state index in [0.29, 0.717) is 24.6 Å². The first kappa shape index (κ1) is 20.3. The van der Waals surface area contributed by atoms with Crippen LogP contribution >= 0.6 is 0 Å². The Hall–Kier alpha value is -1.44. The molecule has 0 atom stereocenters. The Bertz CT molecular complexity index is 749. The molecule has 0 spiro atoms. The van der Waals surface area contributed by atoms with Gasteiger partial charge in [-0.2, -0.15) is 0 Å². The second kappa shape index (κ2) is 8.71. The number of carbonyl (C=O) groups excluding carboxylic acids is 1. The largest absolute Gasteiger partial charge is 0.336 e. The summed E-state index contributed by atoms with van der Waals surface area (Å²) >= 11 is 0. The second-order valence-corrected chi connectivity index (χ2v) is 9.83. The molecule has 7 heteroatoms. The predicted octanol–water partition coefficient (Wildman–Crippen LogP) is 2.32. The van der Waals surface area contributed by atoms with Crippen LogP contribution in [0.4, 0.5) is 0 Å². The molecule has 1 amide bonds. The lowest BCUT2D eigenvalue weighted by Crippen LogP contribution is -2.49. The summed E-state index contributed by atoms with van der Waals surface area (Å²) in [6.45, 7) is 8.54. The van der Waals surface area contributed by atoms with Gasteiger partial charge in [0.2, 0.25) is 10.0 Å². The van der Waals surface area contributed by atoms with Gasteiger partial charge in [-0.1, -0.05) is 32.8 Å². The van der Waals surface area contributed by atoms with Crippen molar-refractivity contribution in [2.75, 3.05) is 32.7 Å². The zero-order chi connectivity index (χ0) is 19.4. The van der Waals surface area contributed by atoms with Crippen LogP contribution in [-0.2, 0) is 10.0 Å². The molecule has 27 heavy (non-hydrogen) atoms. The number of rotatable bonds is 6. The van der Waals surface area contributed by atoms with Gasteiger partial charge in [-0.25, -0.2) is 13.1 Å². The van der Waals surface area contributed by atoms with Crippen LogP contribution in [0.3, 0.4) is 0 Å². The number of nitrogens with zero attached hydrogens (tertiary/aromatic N) is 2. The lowest BCUT2D eigenvalue weighted by molar-refractivity contribution is 0.0623. The van der Waals surface area contributed by atoms with Crippen LogP contribution in [0.1, 0.15) is 49.9 Å². The quantitative estimate of drug-likeness (QED) is 0.805. The van der Waals surface area contributed by atoms with Crippen molar-refractivity contribution in [3.8, 4) is 0 Å². The summed E-state index contributed by atoms with van der Waals surface area (Å²) in [5.74, 6) is 0.527. The normalized spacial score (nSPS) is 19.7. The van der Waals surface area contributed by atoms with Crippen LogP contribution in [-0.4, -0.2) is 62.9 Å². The highest BCUT2D eigenvalue weighted by molar-refractivity contribution is 7.89. The Kier molecular flexibility index (Phi) is 6.55. The first-order valence-corrected chi connectivity index (χ1v) is 11.5. The number of nitrogens with one attached hydrogen (secondary N) is 1. The van der Waals surface area contributed by atoms with Crippen LogP contribution in [0.15, 0.2) is 29.2 Å². The third-order valence-corrected chi connectivity index (χ3v) is 6.87. The minimum absolute atomic E-state index is 0.0170. The van der Waals surface area contributed by atoms with Gasteiger partial charge in [0.1, 0.15) is 0 Å². The van der Waals surface area contributed by atoms with E-state index in [1.807, 2.05) is 4.90 Å². The summed E-state index contributed by atoms with van der Waals surface area (Å²) in [7, 11) is -3.58. The fraction of sp³-hybridized carbons (Fsp3) is 0.650. The van der Waals surface area contributed by atoms with Crippen LogP contribution in [0, 0.1) is 5.92 Å². The van der Waals surface area contributed by atoms with Crippen LogP contribution in [0.5, 0.6) is 0 Å². The van der Waals surface area contributed by atoms with Crippen molar-refractivity contribution in [1.29, 1.82) is 0 Å². The molecule has 1 heterocycles. The minimum atomic E-state index is -3.58. The first-order chi connectivity index (χ1) is 12.8. The van der Waals surface area contributed by atoms with Crippen LogP contribution in [0.2, 0.25) is 0 Å². The summed E-state index contributed by atoms with van der Waals surface area (Å²) in [6, 6.07) is 6.46. The Morgan fingerprint density at radius 3 is 2.44 bits per heavy atom. The number of hydrogen-bond acceptors (Lipinski definition) is 4. The van der Waals surface area contributed by atoms with Crippen molar-refractivity contribution in [3.63, 3.8) is 0 Å². The van der Waals surface area contributed by atoms with Crippen LogP contribution < -0.4 is 4.72 Å². The minimum Gasteiger partial charge on any atom is -0.336 e. The molecule has 1 aromatic carbocycles. The van der Waals surface area contributed by atoms with Gasteiger partial charge in [0.25, 0.3) is 5.91 Å². The molecule has 0 aromatic heterocycles. The average molecular weight is 394 g/mol. The second-order valence-electron chi connectivity index (χ2n) is 8.12. The van der Waals surface area contributed by atoms with E-state index >= 15 is 0 Å². The van der Waals surface area contributed by atoms with E-state index in [-0.39, 0.29) is 16.8 Å². The van der Waals surface area contributed by atoms with E-state index in [9.17, 15) is 13.2 Å². The Morgan fingerprint density at radius 1 is 1.15 bits per heavy atom. The van der Waals surface area contributed by atoms with Gasteiger partial charge >= 0.3 is 0 Å². The van der Waals surface area contributed by atoms with Crippen molar-refractivity contribution in [1.82, 2.24) is 14.5 Å². The topological polar surface area (TPSA) is 69.7 Å². The molecule has 1 N–H and O–H groups in total. The maximum atomic E-state index is 12.8. The molecule has 1 aliphatic carbocycles. The molecule has 0 unspecified atom stereocenters. The zero-order valence-corrected chi connectivity index (χ0v) is 17.2. The Labute approximate surface area is 163 Å². The summed E-state index contributed by atoms with van der Waals surface area (Å²) in [5, 5.41) is 0. The highest BCUT2D eigenvalue weighted by Crippen LogP contribution is 2.21. The van der Waals surface area contributed by atoms with Gasteiger partial charge in [0, 0.05) is 44.3 Å². The van der Waals surface area contributed by atoms with Gasteiger partial charge in [-0.15, -0.1) is 0 Å². The summed E-state index contributed by atoms with van der Waals surface area (Å²) in [6.07, 6.45) is 3.90. The molecule has 2 fully saturated rings. The van der Waals surface area contributed by atoms with Crippen molar-refractivity contribution >= 4 is 15.9 Å². The number of hydrogen-bond donors (Lipinski definition) is 1. The highest BCUT2D eigenvalue weighted by Gasteiger charge is 2.26. The summed E-state index contributed by atoms with van der Waals surface area (Å²) < 4.78 is 28.1. The van der Waals surface area contributed by atoms with E-state index in [0.717, 1.165) is 45.3 Å². The lowest BCUT2D eigenvalue weighted by atomic mass is 10.1. The molecule has 1 saturated heterocycles. The van der Waals surface area contributed by atoms with Crippen LogP contribution in [0.25, 0.3) is 0 Å². The Morgan fingerprint density at radius 2 is 1.81 bits per heavy atom. The third-order valence-electron chi connectivity index (χ3n) is 5.35. The molecular formula is C20H31N3O3S. The standard InChI is InChI=1S/C20H31N3O3S/c1-16(2)15-22-10-12-23(13-11-22)20(24)17-6-5-9-19(14-17)27(25,26)21-18-7-3-4-8-18/h5-6,9,14,16,18,21H,3-4,7-8,10-13,15H2,1-2H3. The molecule has 0 bridgehead atoms. The van der Waals surface area contributed by atoms with Crippen molar-refractivity contribution in [3.05, 3.63) is 29.8 Å². The molecule has 3 rings (SSSR count). The molecule has 1 aromatic rings. The molecule has 6 nitrogen and oxygen atoms in total. The number of amides is 1. The van der Waals surface area contributed by atoms with E-state index in [4.69, 9.17) is 0 Å². The van der Waals surface area contributed by atoms with Gasteiger partial charge in [-0.05, 0) is 37.0 Å².